The highest BCUT2D eigenvalue weighted by Gasteiger charge is 2.10. The number of hydrogen-bond acceptors (Lipinski definition) is 5. The van der Waals surface area contributed by atoms with E-state index >= 15 is 0 Å². The van der Waals surface area contributed by atoms with Crippen molar-refractivity contribution in [1.29, 1.82) is 0 Å². The van der Waals surface area contributed by atoms with E-state index in [1.165, 1.54) is 25.3 Å². The Labute approximate surface area is 103 Å². The average Bonchev–Trinajstić information content (AvgIpc) is 2.32. The minimum Gasteiger partial charge on any atom is -0.469 e. The third kappa shape index (κ3) is 3.96. The second-order valence-corrected chi connectivity index (χ2v) is 3.61. The number of methoxy groups -OCH3 is 1. The zero-order valence-corrected chi connectivity index (χ0v) is 9.99. The average molecular weight is 258 g/mol. The van der Waals surface area contributed by atoms with Gasteiger partial charge in [0.2, 0.25) is 0 Å². The zero-order chi connectivity index (χ0) is 12.8. The largest absolute Gasteiger partial charge is 0.469 e. The van der Waals surface area contributed by atoms with Gasteiger partial charge >= 0.3 is 11.9 Å². The Morgan fingerprint density at radius 2 is 2.12 bits per heavy atom. The standard InChI is InChI=1S/C11H12ClNO4/c1-16-10(14)4-5-17-11(15)7-2-3-8(12)9(13)6-7/h2-3,6H,4-5,13H2,1H3. The predicted molar refractivity (Wildman–Crippen MR) is 62.8 cm³/mol. The Balaban J connectivity index is 2.52. The topological polar surface area (TPSA) is 78.6 Å². The quantitative estimate of drug-likeness (QED) is 0.655. The monoisotopic (exact) mass is 257 g/mol. The molecule has 1 rings (SSSR count). The van der Waals surface area contributed by atoms with Gasteiger partial charge in [0.15, 0.2) is 0 Å². The van der Waals surface area contributed by atoms with Gasteiger partial charge in [-0.05, 0) is 18.2 Å². The molecule has 92 valence electrons. The summed E-state index contributed by atoms with van der Waals surface area (Å²) in [5.74, 6) is -0.995. The molecule has 0 radical (unpaired) electrons. The van der Waals surface area contributed by atoms with Crippen molar-refractivity contribution in [2.75, 3.05) is 19.5 Å². The lowest BCUT2D eigenvalue weighted by Gasteiger charge is -2.05. The van der Waals surface area contributed by atoms with Crippen molar-refractivity contribution in [3.8, 4) is 0 Å². The van der Waals surface area contributed by atoms with E-state index in [1.807, 2.05) is 0 Å². The molecule has 0 bridgehead atoms. The number of nitrogens with two attached hydrogens (primary N) is 1. The maximum Gasteiger partial charge on any atom is 0.338 e. The van der Waals surface area contributed by atoms with Gasteiger partial charge in [-0.2, -0.15) is 0 Å². The third-order valence-corrected chi connectivity index (χ3v) is 2.34. The summed E-state index contributed by atoms with van der Waals surface area (Å²) in [6.07, 6.45) is 0.0192. The molecular formula is C11H12ClNO4. The minimum absolute atomic E-state index is 0.0192. The molecule has 0 aliphatic heterocycles. The first-order chi connectivity index (χ1) is 8.04. The summed E-state index contributed by atoms with van der Waals surface area (Å²) in [7, 11) is 1.27. The number of esters is 2. The molecule has 0 fully saturated rings. The SMILES string of the molecule is COC(=O)CCOC(=O)c1ccc(Cl)c(N)c1. The zero-order valence-electron chi connectivity index (χ0n) is 9.23. The third-order valence-electron chi connectivity index (χ3n) is 2.00. The first-order valence-electron chi connectivity index (χ1n) is 4.83. The van der Waals surface area contributed by atoms with E-state index in [0.717, 1.165) is 0 Å². The predicted octanol–water partition coefficient (Wildman–Crippen LogP) is 1.64. The smallest absolute Gasteiger partial charge is 0.338 e. The molecule has 2 N–H and O–H groups in total. The Hall–Kier alpha value is -1.75. The van der Waals surface area contributed by atoms with Crippen LogP contribution in [-0.4, -0.2) is 25.7 Å². The number of benzene rings is 1. The summed E-state index contributed by atoms with van der Waals surface area (Å²) in [4.78, 5) is 22.3. The molecular weight excluding hydrogens is 246 g/mol. The molecule has 6 heteroatoms. The fourth-order valence-corrected chi connectivity index (χ4v) is 1.20. The molecule has 0 heterocycles. The summed E-state index contributed by atoms with van der Waals surface area (Å²) in [6.45, 7) is -0.0337. The van der Waals surface area contributed by atoms with Crippen LogP contribution in [0.15, 0.2) is 18.2 Å². The number of hydrogen-bond donors (Lipinski definition) is 1. The van der Waals surface area contributed by atoms with Crippen molar-refractivity contribution in [1.82, 2.24) is 0 Å². The van der Waals surface area contributed by atoms with Crippen LogP contribution in [0.1, 0.15) is 16.8 Å². The lowest BCUT2D eigenvalue weighted by molar-refractivity contribution is -0.141. The van der Waals surface area contributed by atoms with Crippen LogP contribution in [0.4, 0.5) is 5.69 Å². The molecule has 0 saturated carbocycles. The van der Waals surface area contributed by atoms with Crippen LogP contribution in [0.5, 0.6) is 0 Å². The van der Waals surface area contributed by atoms with Gasteiger partial charge in [0.1, 0.15) is 6.61 Å². The molecule has 0 aliphatic carbocycles. The van der Waals surface area contributed by atoms with Gasteiger partial charge in [0.05, 0.1) is 29.8 Å². The van der Waals surface area contributed by atoms with Crippen molar-refractivity contribution >= 4 is 29.2 Å². The van der Waals surface area contributed by atoms with Crippen LogP contribution in [0, 0.1) is 0 Å². The molecule has 0 unspecified atom stereocenters. The summed E-state index contributed by atoms with van der Waals surface area (Å²) >= 11 is 5.71. The molecule has 1 aromatic rings. The van der Waals surface area contributed by atoms with E-state index in [-0.39, 0.29) is 18.6 Å². The molecule has 0 aromatic heterocycles. The number of carbonyl (C=O) groups is 2. The van der Waals surface area contributed by atoms with Crippen molar-refractivity contribution in [2.45, 2.75) is 6.42 Å². The second kappa shape index (κ2) is 6.10. The van der Waals surface area contributed by atoms with Crippen molar-refractivity contribution in [3.63, 3.8) is 0 Å². The Bertz CT molecular complexity index is 433. The maximum atomic E-state index is 11.5. The normalized spacial score (nSPS) is 9.76. The molecule has 1 aromatic carbocycles. The first-order valence-corrected chi connectivity index (χ1v) is 5.21. The molecule has 5 nitrogen and oxygen atoms in total. The van der Waals surface area contributed by atoms with Crippen LogP contribution >= 0.6 is 11.6 Å². The van der Waals surface area contributed by atoms with Gasteiger partial charge in [-0.15, -0.1) is 0 Å². The highest BCUT2D eigenvalue weighted by atomic mass is 35.5. The molecule has 0 aliphatic rings. The lowest BCUT2D eigenvalue weighted by Crippen LogP contribution is -2.11. The summed E-state index contributed by atoms with van der Waals surface area (Å²) in [5.41, 5.74) is 6.13. The minimum atomic E-state index is -0.558. The van der Waals surface area contributed by atoms with Crippen LogP contribution < -0.4 is 5.73 Å². The first kappa shape index (κ1) is 13.3. The fourth-order valence-electron chi connectivity index (χ4n) is 1.08. The van der Waals surface area contributed by atoms with E-state index in [2.05, 4.69) is 4.74 Å². The highest BCUT2D eigenvalue weighted by Crippen LogP contribution is 2.19. The number of halogens is 1. The maximum absolute atomic E-state index is 11.5. The van der Waals surface area contributed by atoms with Crippen LogP contribution in [0.25, 0.3) is 0 Å². The van der Waals surface area contributed by atoms with E-state index in [1.54, 1.807) is 0 Å². The van der Waals surface area contributed by atoms with Gasteiger partial charge in [-0.3, -0.25) is 4.79 Å². The van der Waals surface area contributed by atoms with Gasteiger partial charge in [-0.1, -0.05) is 11.6 Å². The molecule has 0 spiro atoms. The van der Waals surface area contributed by atoms with E-state index in [4.69, 9.17) is 22.1 Å². The number of ether oxygens (including phenoxy) is 2. The number of rotatable bonds is 4. The fraction of sp³-hybridized carbons (Fsp3) is 0.273. The van der Waals surface area contributed by atoms with Crippen LogP contribution in [0.2, 0.25) is 5.02 Å². The Morgan fingerprint density at radius 3 is 2.71 bits per heavy atom. The van der Waals surface area contributed by atoms with E-state index in [9.17, 15) is 9.59 Å². The van der Waals surface area contributed by atoms with Crippen molar-refractivity contribution in [3.05, 3.63) is 28.8 Å². The van der Waals surface area contributed by atoms with Gasteiger partial charge in [0.25, 0.3) is 0 Å². The Morgan fingerprint density at radius 1 is 1.41 bits per heavy atom. The molecule has 17 heavy (non-hydrogen) atoms. The highest BCUT2D eigenvalue weighted by molar-refractivity contribution is 6.33. The van der Waals surface area contributed by atoms with Gasteiger partial charge in [0, 0.05) is 0 Å². The summed E-state index contributed by atoms with van der Waals surface area (Å²) in [5, 5.41) is 0.371. The summed E-state index contributed by atoms with van der Waals surface area (Å²) in [6, 6.07) is 4.43. The van der Waals surface area contributed by atoms with Crippen molar-refractivity contribution < 1.29 is 19.1 Å². The number of carbonyl (C=O) groups excluding carboxylic acids is 2. The molecule has 0 saturated heterocycles. The van der Waals surface area contributed by atoms with Gasteiger partial charge in [-0.25, -0.2) is 4.79 Å². The lowest BCUT2D eigenvalue weighted by atomic mass is 10.2. The van der Waals surface area contributed by atoms with Crippen LogP contribution in [0.3, 0.4) is 0 Å². The summed E-state index contributed by atoms with van der Waals surface area (Å²) < 4.78 is 9.26. The molecule has 0 atom stereocenters. The van der Waals surface area contributed by atoms with E-state index in [0.29, 0.717) is 10.7 Å². The second-order valence-electron chi connectivity index (χ2n) is 3.20. The molecule has 0 amide bonds. The number of anilines is 1. The van der Waals surface area contributed by atoms with Crippen LogP contribution in [-0.2, 0) is 14.3 Å². The Kier molecular flexibility index (Phi) is 4.78. The van der Waals surface area contributed by atoms with Gasteiger partial charge < -0.3 is 15.2 Å². The van der Waals surface area contributed by atoms with E-state index < -0.39 is 11.9 Å². The number of nitrogen functional groups attached to an aromatic ring is 1. The van der Waals surface area contributed by atoms with Crippen molar-refractivity contribution in [2.24, 2.45) is 0 Å².